The molecule has 1 aromatic heterocycles. The van der Waals surface area contributed by atoms with Gasteiger partial charge in [-0.05, 0) is 31.0 Å². The van der Waals surface area contributed by atoms with E-state index in [0.717, 1.165) is 31.0 Å². The first-order valence-electron chi connectivity index (χ1n) is 6.76. The van der Waals surface area contributed by atoms with Gasteiger partial charge in [0.25, 0.3) is 0 Å². The van der Waals surface area contributed by atoms with Crippen LogP contribution in [0.25, 0.3) is 0 Å². The predicted octanol–water partition coefficient (Wildman–Crippen LogP) is 4.61. The number of hydrogen-bond donors (Lipinski definition) is 2. The molecule has 0 saturated heterocycles. The van der Waals surface area contributed by atoms with Crippen LogP contribution < -0.4 is 10.6 Å². The monoisotopic (exact) mass is 346 g/mol. The Morgan fingerprint density at radius 1 is 1.13 bits per heavy atom. The van der Waals surface area contributed by atoms with Crippen LogP contribution in [0.2, 0.25) is 5.02 Å². The quantitative estimate of drug-likeness (QED) is 0.794. The summed E-state index contributed by atoms with van der Waals surface area (Å²) in [6.45, 7) is 0. The maximum absolute atomic E-state index is 13.0. The van der Waals surface area contributed by atoms with Crippen LogP contribution in [0.4, 0.5) is 35.0 Å². The summed E-state index contributed by atoms with van der Waals surface area (Å²) in [4.78, 5) is 7.48. The highest BCUT2D eigenvalue weighted by Gasteiger charge is 2.34. The predicted molar refractivity (Wildman–Crippen MR) is 78.4 cm³/mol. The van der Waals surface area contributed by atoms with Gasteiger partial charge in [-0.2, -0.15) is 18.2 Å². The lowest BCUT2D eigenvalue weighted by Crippen LogP contribution is -2.14. The van der Waals surface area contributed by atoms with E-state index in [1.807, 2.05) is 0 Å². The van der Waals surface area contributed by atoms with E-state index in [1.165, 1.54) is 6.07 Å². The zero-order chi connectivity index (χ0) is 16.6. The van der Waals surface area contributed by atoms with Gasteiger partial charge in [-0.25, -0.2) is 9.37 Å². The Labute approximate surface area is 133 Å². The molecule has 1 heterocycles. The summed E-state index contributed by atoms with van der Waals surface area (Å²) in [6.07, 6.45) is -2.87. The van der Waals surface area contributed by atoms with Crippen LogP contribution in [0.3, 0.4) is 0 Å². The maximum atomic E-state index is 13.0. The Hall–Kier alpha value is -2.09. The third-order valence-electron chi connectivity index (χ3n) is 3.12. The Morgan fingerprint density at radius 3 is 2.48 bits per heavy atom. The molecule has 0 spiro atoms. The molecule has 2 aromatic rings. The second kappa shape index (κ2) is 5.84. The molecule has 3 rings (SSSR count). The fourth-order valence-corrected chi connectivity index (χ4v) is 2.07. The van der Waals surface area contributed by atoms with Crippen molar-refractivity contribution in [1.82, 2.24) is 9.97 Å². The van der Waals surface area contributed by atoms with Crippen molar-refractivity contribution in [2.24, 2.45) is 0 Å². The van der Waals surface area contributed by atoms with Crippen LogP contribution in [0.1, 0.15) is 18.5 Å². The average molecular weight is 347 g/mol. The molecule has 1 saturated carbocycles. The average Bonchev–Trinajstić information content (AvgIpc) is 3.25. The highest BCUT2D eigenvalue weighted by Crippen LogP contribution is 2.33. The van der Waals surface area contributed by atoms with Crippen molar-refractivity contribution in [3.05, 3.63) is 40.8 Å². The summed E-state index contributed by atoms with van der Waals surface area (Å²) < 4.78 is 51.9. The van der Waals surface area contributed by atoms with E-state index in [2.05, 4.69) is 20.6 Å². The van der Waals surface area contributed by atoms with Crippen LogP contribution >= 0.6 is 11.6 Å². The third-order valence-corrected chi connectivity index (χ3v) is 3.43. The molecule has 9 heteroatoms. The Morgan fingerprint density at radius 2 is 1.87 bits per heavy atom. The Bertz CT molecular complexity index is 731. The molecule has 0 amide bonds. The molecule has 23 heavy (non-hydrogen) atoms. The van der Waals surface area contributed by atoms with Crippen molar-refractivity contribution in [2.75, 3.05) is 10.6 Å². The van der Waals surface area contributed by atoms with Gasteiger partial charge in [0.1, 0.15) is 11.6 Å². The Balaban J connectivity index is 1.93. The van der Waals surface area contributed by atoms with Gasteiger partial charge < -0.3 is 10.6 Å². The molecular formula is C14H11ClF4N4. The summed E-state index contributed by atoms with van der Waals surface area (Å²) in [7, 11) is 0. The van der Waals surface area contributed by atoms with Gasteiger partial charge in [-0.1, -0.05) is 11.6 Å². The summed E-state index contributed by atoms with van der Waals surface area (Å²) >= 11 is 5.86. The molecule has 1 aliphatic carbocycles. The first-order chi connectivity index (χ1) is 10.8. The summed E-state index contributed by atoms with van der Waals surface area (Å²) in [6, 6.07) is 4.39. The smallest absolute Gasteiger partial charge is 0.351 e. The maximum Gasteiger partial charge on any atom is 0.433 e. The van der Waals surface area contributed by atoms with Gasteiger partial charge in [0.2, 0.25) is 5.95 Å². The number of nitrogens with zero attached hydrogens (tertiary/aromatic N) is 2. The molecule has 2 N–H and O–H groups in total. The summed E-state index contributed by atoms with van der Waals surface area (Å²) in [5.74, 6) is -0.734. The zero-order valence-corrected chi connectivity index (χ0v) is 12.3. The molecule has 0 aliphatic heterocycles. The van der Waals surface area contributed by atoms with Crippen molar-refractivity contribution >= 4 is 29.1 Å². The summed E-state index contributed by atoms with van der Waals surface area (Å²) in [5, 5.41) is 5.52. The van der Waals surface area contributed by atoms with Crippen molar-refractivity contribution in [2.45, 2.75) is 25.1 Å². The second-order valence-corrected chi connectivity index (χ2v) is 5.53. The standard InChI is InChI=1S/C14H11ClF4N4/c15-9-5-7(16)1-4-10(9)21-12-6-11(14(17,18)19)22-13(23-12)20-8-2-3-8/h1,4-6,8H,2-3H2,(H2,20,21,22,23). The van der Waals surface area contributed by atoms with Crippen molar-refractivity contribution in [3.8, 4) is 0 Å². The molecule has 1 aliphatic rings. The van der Waals surface area contributed by atoms with E-state index >= 15 is 0 Å². The van der Waals surface area contributed by atoms with Crippen LogP contribution in [-0.4, -0.2) is 16.0 Å². The molecule has 122 valence electrons. The summed E-state index contributed by atoms with van der Waals surface area (Å²) in [5.41, 5.74) is -0.825. The number of anilines is 3. The van der Waals surface area contributed by atoms with Gasteiger partial charge in [0, 0.05) is 12.1 Å². The van der Waals surface area contributed by atoms with Gasteiger partial charge >= 0.3 is 6.18 Å². The van der Waals surface area contributed by atoms with E-state index in [4.69, 9.17) is 11.6 Å². The molecule has 4 nitrogen and oxygen atoms in total. The van der Waals surface area contributed by atoms with Crippen LogP contribution in [0, 0.1) is 5.82 Å². The number of benzene rings is 1. The topological polar surface area (TPSA) is 49.8 Å². The number of rotatable bonds is 4. The first-order valence-corrected chi connectivity index (χ1v) is 7.14. The van der Waals surface area contributed by atoms with Gasteiger partial charge in [0.15, 0.2) is 5.69 Å². The van der Waals surface area contributed by atoms with E-state index in [9.17, 15) is 17.6 Å². The van der Waals surface area contributed by atoms with Gasteiger partial charge in [-0.3, -0.25) is 0 Å². The lowest BCUT2D eigenvalue weighted by Gasteiger charge is -2.13. The van der Waals surface area contributed by atoms with E-state index in [1.54, 1.807) is 0 Å². The minimum Gasteiger partial charge on any atom is -0.351 e. The zero-order valence-electron chi connectivity index (χ0n) is 11.6. The molecule has 0 unspecified atom stereocenters. The molecule has 0 radical (unpaired) electrons. The lowest BCUT2D eigenvalue weighted by atomic mass is 10.3. The second-order valence-electron chi connectivity index (χ2n) is 5.13. The van der Waals surface area contributed by atoms with E-state index < -0.39 is 17.7 Å². The minimum atomic E-state index is -4.61. The van der Waals surface area contributed by atoms with Crippen molar-refractivity contribution < 1.29 is 17.6 Å². The first kappa shape index (κ1) is 15.8. The molecular weight excluding hydrogens is 336 g/mol. The number of alkyl halides is 3. The molecule has 1 fully saturated rings. The number of hydrogen-bond acceptors (Lipinski definition) is 4. The van der Waals surface area contributed by atoms with Gasteiger partial charge in [0.05, 0.1) is 10.7 Å². The van der Waals surface area contributed by atoms with Crippen LogP contribution in [0.15, 0.2) is 24.3 Å². The van der Waals surface area contributed by atoms with Crippen molar-refractivity contribution in [3.63, 3.8) is 0 Å². The Kier molecular flexibility index (Phi) is 4.01. The van der Waals surface area contributed by atoms with E-state index in [-0.39, 0.29) is 28.5 Å². The number of halogens is 5. The van der Waals surface area contributed by atoms with E-state index in [0.29, 0.717) is 0 Å². The van der Waals surface area contributed by atoms with Gasteiger partial charge in [-0.15, -0.1) is 0 Å². The normalized spacial score (nSPS) is 14.7. The number of nitrogens with one attached hydrogen (secondary N) is 2. The fourth-order valence-electron chi connectivity index (χ4n) is 1.86. The lowest BCUT2D eigenvalue weighted by molar-refractivity contribution is -0.141. The molecule has 0 atom stereocenters. The minimum absolute atomic E-state index is 0.0360. The highest BCUT2D eigenvalue weighted by molar-refractivity contribution is 6.33. The van der Waals surface area contributed by atoms with Crippen LogP contribution in [-0.2, 0) is 6.18 Å². The number of aromatic nitrogens is 2. The highest BCUT2D eigenvalue weighted by atomic mass is 35.5. The fraction of sp³-hybridized carbons (Fsp3) is 0.286. The SMILES string of the molecule is Fc1ccc(Nc2cc(C(F)(F)F)nc(NC3CC3)n2)c(Cl)c1. The molecule has 1 aromatic carbocycles. The third kappa shape index (κ3) is 4.01. The molecule has 0 bridgehead atoms. The van der Waals surface area contributed by atoms with Crippen molar-refractivity contribution in [1.29, 1.82) is 0 Å². The van der Waals surface area contributed by atoms with Crippen LogP contribution in [0.5, 0.6) is 0 Å². The largest absolute Gasteiger partial charge is 0.433 e.